The first-order valence-corrected chi connectivity index (χ1v) is 9.26. The highest BCUT2D eigenvalue weighted by atomic mass is 16.5. The van der Waals surface area contributed by atoms with Crippen molar-refractivity contribution in [3.63, 3.8) is 0 Å². The molecule has 3 atom stereocenters. The third kappa shape index (κ3) is 2.86. The summed E-state index contributed by atoms with van der Waals surface area (Å²) in [4.78, 5) is 4.43. The maximum absolute atomic E-state index is 5.99. The fraction of sp³-hybridized carbons (Fsp3) is 0.944. The first kappa shape index (κ1) is 16.1. The van der Waals surface area contributed by atoms with Crippen LogP contribution in [-0.4, -0.2) is 38.3 Å². The zero-order valence-corrected chi connectivity index (χ0v) is 14.5. The van der Waals surface area contributed by atoms with E-state index in [1.165, 1.54) is 44.9 Å². The van der Waals surface area contributed by atoms with Gasteiger partial charge in [-0.25, -0.2) is 0 Å². The van der Waals surface area contributed by atoms with E-state index in [4.69, 9.17) is 4.74 Å². The molecule has 1 saturated heterocycles. The van der Waals surface area contributed by atoms with Crippen molar-refractivity contribution in [2.75, 3.05) is 20.2 Å². The highest BCUT2D eigenvalue weighted by molar-refractivity contribution is 5.80. The lowest BCUT2D eigenvalue weighted by Crippen LogP contribution is -2.72. The minimum Gasteiger partial charge on any atom is -0.377 e. The second-order valence-corrected chi connectivity index (χ2v) is 7.84. The van der Waals surface area contributed by atoms with Gasteiger partial charge in [0.1, 0.15) is 0 Å². The fourth-order valence-electron chi connectivity index (χ4n) is 4.68. The third-order valence-electron chi connectivity index (χ3n) is 6.05. The lowest BCUT2D eigenvalue weighted by Gasteiger charge is -2.63. The van der Waals surface area contributed by atoms with Crippen molar-refractivity contribution in [3.8, 4) is 0 Å². The Morgan fingerprint density at radius 1 is 1.32 bits per heavy atom. The molecule has 0 aromatic carbocycles. The van der Waals surface area contributed by atoms with E-state index >= 15 is 0 Å². The van der Waals surface area contributed by atoms with Crippen molar-refractivity contribution < 1.29 is 4.74 Å². The number of nitrogens with zero attached hydrogens (tertiary/aromatic N) is 1. The summed E-state index contributed by atoms with van der Waals surface area (Å²) in [5.74, 6) is 2.51. The Labute approximate surface area is 135 Å². The topological polar surface area (TPSA) is 45.7 Å². The molecule has 3 fully saturated rings. The number of hydrogen-bond acceptors (Lipinski definition) is 2. The standard InChI is InChI=1S/C18H33N3O/c1-13(2)7-4-5-11-20-17(19-3)21-15-14-8-12-22-16(14)18(15)9-6-10-18/h13-16H,4-12H2,1-3H3,(H2,19,20,21). The van der Waals surface area contributed by atoms with E-state index in [-0.39, 0.29) is 0 Å². The minimum absolute atomic E-state index is 0.427. The number of nitrogens with one attached hydrogen (secondary N) is 2. The van der Waals surface area contributed by atoms with E-state index in [2.05, 4.69) is 29.5 Å². The highest BCUT2D eigenvalue weighted by Gasteiger charge is 2.66. The molecule has 2 saturated carbocycles. The zero-order chi connectivity index (χ0) is 15.6. The molecule has 0 aromatic heterocycles. The van der Waals surface area contributed by atoms with Gasteiger partial charge in [0.05, 0.1) is 6.10 Å². The predicted molar refractivity (Wildman–Crippen MR) is 91.1 cm³/mol. The van der Waals surface area contributed by atoms with Gasteiger partial charge in [-0.2, -0.15) is 0 Å². The molecular formula is C18H33N3O. The average Bonchev–Trinajstić information content (AvgIpc) is 2.85. The molecule has 0 aromatic rings. The number of ether oxygens (including phenoxy) is 1. The highest BCUT2D eigenvalue weighted by Crippen LogP contribution is 2.62. The summed E-state index contributed by atoms with van der Waals surface area (Å²) < 4.78 is 5.99. The molecule has 1 heterocycles. The van der Waals surface area contributed by atoms with E-state index in [1.54, 1.807) is 0 Å². The molecule has 22 heavy (non-hydrogen) atoms. The van der Waals surface area contributed by atoms with Crippen molar-refractivity contribution in [2.24, 2.45) is 22.2 Å². The van der Waals surface area contributed by atoms with Gasteiger partial charge >= 0.3 is 0 Å². The molecular weight excluding hydrogens is 274 g/mol. The number of fused-ring (bicyclic) bond motifs is 2. The van der Waals surface area contributed by atoms with Crippen LogP contribution >= 0.6 is 0 Å². The monoisotopic (exact) mass is 307 g/mol. The van der Waals surface area contributed by atoms with Gasteiger partial charge in [0.2, 0.25) is 0 Å². The lowest BCUT2D eigenvalue weighted by atomic mass is 9.46. The lowest BCUT2D eigenvalue weighted by molar-refractivity contribution is -0.171. The Hall–Kier alpha value is -0.770. The Morgan fingerprint density at radius 2 is 2.14 bits per heavy atom. The quantitative estimate of drug-likeness (QED) is 0.450. The van der Waals surface area contributed by atoms with Gasteiger partial charge in [0.25, 0.3) is 0 Å². The van der Waals surface area contributed by atoms with Gasteiger partial charge in [-0.05, 0) is 31.6 Å². The van der Waals surface area contributed by atoms with Crippen LogP contribution in [0.3, 0.4) is 0 Å². The van der Waals surface area contributed by atoms with E-state index < -0.39 is 0 Å². The molecule has 4 heteroatoms. The van der Waals surface area contributed by atoms with Gasteiger partial charge < -0.3 is 15.4 Å². The number of rotatable bonds is 6. The van der Waals surface area contributed by atoms with Crippen LogP contribution in [0.1, 0.15) is 58.8 Å². The number of guanidine groups is 1. The smallest absolute Gasteiger partial charge is 0.191 e. The summed E-state index contributed by atoms with van der Waals surface area (Å²) in [6, 6.07) is 0.579. The van der Waals surface area contributed by atoms with E-state index in [0.29, 0.717) is 23.5 Å². The fourth-order valence-corrected chi connectivity index (χ4v) is 4.68. The van der Waals surface area contributed by atoms with Crippen LogP contribution in [0.25, 0.3) is 0 Å². The summed E-state index contributed by atoms with van der Waals surface area (Å²) >= 11 is 0. The van der Waals surface area contributed by atoms with Gasteiger partial charge in [-0.3, -0.25) is 4.99 Å². The molecule has 2 aliphatic carbocycles. The van der Waals surface area contributed by atoms with E-state index in [9.17, 15) is 0 Å². The van der Waals surface area contributed by atoms with Gasteiger partial charge in [-0.1, -0.05) is 33.1 Å². The summed E-state index contributed by atoms with van der Waals surface area (Å²) in [5, 5.41) is 7.23. The summed E-state index contributed by atoms with van der Waals surface area (Å²) in [6.45, 7) is 6.57. The molecule has 3 rings (SSSR count). The van der Waals surface area contributed by atoms with Crippen molar-refractivity contribution in [3.05, 3.63) is 0 Å². The molecule has 1 aliphatic heterocycles. The Morgan fingerprint density at radius 3 is 2.77 bits per heavy atom. The van der Waals surface area contributed by atoms with Gasteiger partial charge in [0.15, 0.2) is 5.96 Å². The molecule has 4 nitrogen and oxygen atoms in total. The van der Waals surface area contributed by atoms with Crippen molar-refractivity contribution in [1.29, 1.82) is 0 Å². The van der Waals surface area contributed by atoms with Crippen LogP contribution in [0.2, 0.25) is 0 Å². The SMILES string of the molecule is CN=C(NCCCCC(C)C)NC1C2CCOC2C12CCC2. The molecule has 126 valence electrons. The van der Waals surface area contributed by atoms with Crippen LogP contribution in [0.4, 0.5) is 0 Å². The summed E-state index contributed by atoms with van der Waals surface area (Å²) in [6.07, 6.45) is 9.62. The molecule has 3 unspecified atom stereocenters. The second-order valence-electron chi connectivity index (χ2n) is 7.84. The number of hydrogen-bond donors (Lipinski definition) is 2. The van der Waals surface area contributed by atoms with E-state index in [0.717, 1.165) is 25.0 Å². The van der Waals surface area contributed by atoms with Gasteiger partial charge in [0, 0.05) is 37.6 Å². The van der Waals surface area contributed by atoms with E-state index in [1.807, 2.05) is 7.05 Å². The molecule has 2 N–H and O–H groups in total. The molecule has 0 amide bonds. The van der Waals surface area contributed by atoms with Crippen LogP contribution in [-0.2, 0) is 4.74 Å². The van der Waals surface area contributed by atoms with Crippen molar-refractivity contribution in [2.45, 2.75) is 70.9 Å². The largest absolute Gasteiger partial charge is 0.377 e. The predicted octanol–water partition coefficient (Wildman–Crippen LogP) is 2.94. The van der Waals surface area contributed by atoms with Crippen LogP contribution in [0, 0.1) is 17.3 Å². The maximum atomic E-state index is 5.99. The summed E-state index contributed by atoms with van der Waals surface area (Å²) in [7, 11) is 1.89. The second kappa shape index (κ2) is 6.77. The third-order valence-corrected chi connectivity index (χ3v) is 6.05. The van der Waals surface area contributed by atoms with Crippen LogP contribution < -0.4 is 10.6 Å². The number of unbranched alkanes of at least 4 members (excludes halogenated alkanes) is 1. The first-order chi connectivity index (χ1) is 10.7. The maximum Gasteiger partial charge on any atom is 0.191 e. The Bertz CT molecular complexity index is 403. The molecule has 1 spiro atoms. The van der Waals surface area contributed by atoms with Crippen molar-refractivity contribution in [1.82, 2.24) is 10.6 Å². The molecule has 0 radical (unpaired) electrons. The first-order valence-electron chi connectivity index (χ1n) is 9.26. The normalized spacial score (nSPS) is 32.5. The Kier molecular flexibility index (Phi) is 4.96. The van der Waals surface area contributed by atoms with Crippen molar-refractivity contribution >= 4 is 5.96 Å². The molecule has 0 bridgehead atoms. The van der Waals surface area contributed by atoms with Crippen LogP contribution in [0.5, 0.6) is 0 Å². The average molecular weight is 307 g/mol. The molecule has 3 aliphatic rings. The zero-order valence-electron chi connectivity index (χ0n) is 14.5. The number of aliphatic imine (C=N–C) groups is 1. The van der Waals surface area contributed by atoms with Crippen LogP contribution in [0.15, 0.2) is 4.99 Å². The minimum atomic E-state index is 0.427. The summed E-state index contributed by atoms with van der Waals surface area (Å²) in [5.41, 5.74) is 0.427. The Balaban J connectivity index is 1.44. The van der Waals surface area contributed by atoms with Gasteiger partial charge in [-0.15, -0.1) is 0 Å².